The van der Waals surface area contributed by atoms with Gasteiger partial charge in [-0.15, -0.1) is 0 Å². The minimum Gasteiger partial charge on any atom is -0.466 e. The van der Waals surface area contributed by atoms with Crippen LogP contribution < -0.4 is 0 Å². The molecule has 2 rings (SSSR count). The van der Waals surface area contributed by atoms with Gasteiger partial charge in [-0.05, 0) is 32.3 Å². The molecule has 0 bridgehead atoms. The number of rotatable bonds is 13. The zero-order valence-electron chi connectivity index (χ0n) is 16.8. The fourth-order valence-electron chi connectivity index (χ4n) is 3.54. The van der Waals surface area contributed by atoms with Gasteiger partial charge in [-0.1, -0.05) is 57.2 Å². The number of hydrogen-bond donors (Lipinski definition) is 1. The molecule has 148 valence electrons. The number of esters is 1. The van der Waals surface area contributed by atoms with Crippen molar-refractivity contribution in [1.29, 1.82) is 0 Å². The van der Waals surface area contributed by atoms with E-state index in [0.29, 0.717) is 32.3 Å². The molecule has 0 radical (unpaired) electrons. The number of carbonyl (C=O) groups excluding carboxylic acids is 2. The van der Waals surface area contributed by atoms with Gasteiger partial charge in [-0.2, -0.15) is 0 Å². The number of ether oxygens (including phenoxy) is 1. The zero-order chi connectivity index (χ0) is 19.5. The molecule has 0 aliphatic heterocycles. The van der Waals surface area contributed by atoms with E-state index in [2.05, 4.69) is 11.9 Å². The van der Waals surface area contributed by atoms with Crippen molar-refractivity contribution < 1.29 is 14.3 Å². The Morgan fingerprint density at radius 1 is 0.926 bits per heavy atom. The van der Waals surface area contributed by atoms with E-state index < -0.39 is 0 Å². The number of ketones is 1. The molecule has 0 atom stereocenters. The van der Waals surface area contributed by atoms with Crippen LogP contribution in [-0.2, 0) is 16.0 Å². The lowest BCUT2D eigenvalue weighted by molar-refractivity contribution is -0.143. The van der Waals surface area contributed by atoms with Crippen LogP contribution in [0.3, 0.4) is 0 Å². The van der Waals surface area contributed by atoms with Crippen molar-refractivity contribution >= 4 is 22.7 Å². The summed E-state index contributed by atoms with van der Waals surface area (Å²) in [6.45, 7) is 4.44. The molecule has 0 saturated carbocycles. The van der Waals surface area contributed by atoms with Crippen LogP contribution >= 0.6 is 0 Å². The number of benzene rings is 1. The molecule has 1 aromatic heterocycles. The third-order valence-electron chi connectivity index (χ3n) is 4.93. The summed E-state index contributed by atoms with van der Waals surface area (Å²) in [7, 11) is 0. The maximum atomic E-state index is 12.9. The molecule has 0 amide bonds. The minimum absolute atomic E-state index is 0.173. The normalized spacial score (nSPS) is 11.0. The number of Topliss-reactive ketones (excluding diaryl/α,β-unsaturated/α-hetero) is 1. The Labute approximate surface area is 162 Å². The first kappa shape index (κ1) is 21.2. The average Bonchev–Trinajstić information content (AvgIpc) is 3.03. The van der Waals surface area contributed by atoms with Gasteiger partial charge >= 0.3 is 5.97 Å². The van der Waals surface area contributed by atoms with Gasteiger partial charge in [0.05, 0.1) is 6.61 Å². The smallest absolute Gasteiger partial charge is 0.305 e. The fraction of sp³-hybridized carbons (Fsp3) is 0.565. The quantitative estimate of drug-likeness (QED) is 0.267. The number of fused-ring (bicyclic) bond motifs is 1. The summed E-state index contributed by atoms with van der Waals surface area (Å²) in [6.07, 6.45) is 9.40. The standard InChI is InChI=1S/C23H33NO3/c1-3-5-6-7-8-9-16-21(25)23-18-13-10-11-14-19(18)24-20(23)15-12-17-22(26)27-4-2/h10-11,13-14,24H,3-9,12,15-17H2,1-2H3. The molecular weight excluding hydrogens is 338 g/mol. The predicted molar refractivity (Wildman–Crippen MR) is 110 cm³/mol. The molecule has 0 aliphatic rings. The van der Waals surface area contributed by atoms with Crippen molar-refractivity contribution in [1.82, 2.24) is 4.98 Å². The minimum atomic E-state index is -0.173. The van der Waals surface area contributed by atoms with E-state index in [4.69, 9.17) is 4.74 Å². The van der Waals surface area contributed by atoms with E-state index >= 15 is 0 Å². The Morgan fingerprint density at radius 2 is 1.67 bits per heavy atom. The van der Waals surface area contributed by atoms with E-state index in [0.717, 1.165) is 35.0 Å². The lowest BCUT2D eigenvalue weighted by Crippen LogP contribution is -2.06. The summed E-state index contributed by atoms with van der Waals surface area (Å²) in [6, 6.07) is 7.96. The number of hydrogen-bond acceptors (Lipinski definition) is 3. The van der Waals surface area contributed by atoms with Crippen LogP contribution in [0, 0.1) is 0 Å². The predicted octanol–water partition coefficient (Wildman–Crippen LogP) is 5.99. The van der Waals surface area contributed by atoms with Gasteiger partial charge in [0.2, 0.25) is 0 Å². The van der Waals surface area contributed by atoms with Crippen LogP contribution in [0.2, 0.25) is 0 Å². The molecule has 0 spiro atoms. The maximum absolute atomic E-state index is 12.9. The Bertz CT molecular complexity index is 732. The van der Waals surface area contributed by atoms with Gasteiger partial charge in [-0.3, -0.25) is 9.59 Å². The highest BCUT2D eigenvalue weighted by atomic mass is 16.5. The molecule has 0 saturated heterocycles. The van der Waals surface area contributed by atoms with Crippen molar-refractivity contribution in [3.05, 3.63) is 35.5 Å². The molecule has 0 fully saturated rings. The summed E-state index contributed by atoms with van der Waals surface area (Å²) >= 11 is 0. The molecule has 2 aromatic rings. The van der Waals surface area contributed by atoms with Crippen molar-refractivity contribution in [3.8, 4) is 0 Å². The van der Waals surface area contributed by atoms with Gasteiger partial charge in [0.1, 0.15) is 0 Å². The number of para-hydroxylation sites is 1. The highest BCUT2D eigenvalue weighted by Gasteiger charge is 2.18. The number of carbonyl (C=O) groups is 2. The molecule has 4 heteroatoms. The SMILES string of the molecule is CCCCCCCCC(=O)c1c(CCCC(=O)OCC)[nH]c2ccccc12. The van der Waals surface area contributed by atoms with Crippen LogP contribution in [0.25, 0.3) is 10.9 Å². The summed E-state index contributed by atoms with van der Waals surface area (Å²) in [4.78, 5) is 27.9. The molecule has 0 unspecified atom stereocenters. The Morgan fingerprint density at radius 3 is 2.44 bits per heavy atom. The summed E-state index contributed by atoms with van der Waals surface area (Å²) in [5.41, 5.74) is 2.77. The number of aromatic nitrogens is 1. The first-order valence-electron chi connectivity index (χ1n) is 10.5. The number of aromatic amines is 1. The molecule has 1 aromatic carbocycles. The van der Waals surface area contributed by atoms with Crippen LogP contribution in [0.4, 0.5) is 0 Å². The van der Waals surface area contributed by atoms with Crippen LogP contribution in [0.15, 0.2) is 24.3 Å². The third kappa shape index (κ3) is 6.53. The summed E-state index contributed by atoms with van der Waals surface area (Å²) in [5, 5.41) is 1.000. The van der Waals surface area contributed by atoms with Crippen LogP contribution in [-0.4, -0.2) is 23.3 Å². The van der Waals surface area contributed by atoms with Gasteiger partial charge in [0, 0.05) is 35.0 Å². The fourth-order valence-corrected chi connectivity index (χ4v) is 3.54. The van der Waals surface area contributed by atoms with E-state index in [1.54, 1.807) is 0 Å². The number of unbranched alkanes of at least 4 members (excludes halogenated alkanes) is 5. The Kier molecular flexibility index (Phi) is 9.09. The number of aryl methyl sites for hydroxylation is 1. The first-order chi connectivity index (χ1) is 13.2. The van der Waals surface area contributed by atoms with Gasteiger partial charge in [-0.25, -0.2) is 0 Å². The van der Waals surface area contributed by atoms with Crippen molar-refractivity contribution in [2.45, 2.75) is 78.1 Å². The largest absolute Gasteiger partial charge is 0.466 e. The molecule has 1 heterocycles. The topological polar surface area (TPSA) is 59.2 Å². The van der Waals surface area contributed by atoms with E-state index in [1.165, 1.54) is 25.7 Å². The van der Waals surface area contributed by atoms with Crippen molar-refractivity contribution in [2.24, 2.45) is 0 Å². The van der Waals surface area contributed by atoms with Crippen LogP contribution in [0.1, 0.15) is 87.7 Å². The Balaban J connectivity index is 2.00. The number of H-pyrrole nitrogens is 1. The third-order valence-corrected chi connectivity index (χ3v) is 4.93. The molecule has 27 heavy (non-hydrogen) atoms. The first-order valence-corrected chi connectivity index (χ1v) is 10.5. The highest BCUT2D eigenvalue weighted by molar-refractivity contribution is 6.09. The van der Waals surface area contributed by atoms with Gasteiger partial charge in [0.25, 0.3) is 0 Å². The lowest BCUT2D eigenvalue weighted by Gasteiger charge is -2.05. The monoisotopic (exact) mass is 371 g/mol. The summed E-state index contributed by atoms with van der Waals surface area (Å²) < 4.78 is 4.99. The lowest BCUT2D eigenvalue weighted by atomic mass is 9.99. The zero-order valence-corrected chi connectivity index (χ0v) is 16.8. The van der Waals surface area contributed by atoms with E-state index in [1.807, 2.05) is 31.2 Å². The molecule has 1 N–H and O–H groups in total. The molecule has 0 aliphatic carbocycles. The Hall–Kier alpha value is -2.10. The molecular formula is C23H33NO3. The van der Waals surface area contributed by atoms with Crippen molar-refractivity contribution in [2.75, 3.05) is 6.61 Å². The van der Waals surface area contributed by atoms with Crippen LogP contribution in [0.5, 0.6) is 0 Å². The van der Waals surface area contributed by atoms with Crippen molar-refractivity contribution in [3.63, 3.8) is 0 Å². The van der Waals surface area contributed by atoms with E-state index in [9.17, 15) is 9.59 Å². The average molecular weight is 372 g/mol. The second-order valence-corrected chi connectivity index (χ2v) is 7.12. The second kappa shape index (κ2) is 11.6. The number of nitrogens with one attached hydrogen (secondary N) is 1. The van der Waals surface area contributed by atoms with Gasteiger partial charge < -0.3 is 9.72 Å². The second-order valence-electron chi connectivity index (χ2n) is 7.12. The van der Waals surface area contributed by atoms with Gasteiger partial charge in [0.15, 0.2) is 5.78 Å². The van der Waals surface area contributed by atoms with E-state index in [-0.39, 0.29) is 11.8 Å². The highest BCUT2D eigenvalue weighted by Crippen LogP contribution is 2.26. The molecule has 4 nitrogen and oxygen atoms in total. The maximum Gasteiger partial charge on any atom is 0.305 e. The summed E-state index contributed by atoms with van der Waals surface area (Å²) in [5.74, 6) is 0.0441.